The van der Waals surface area contributed by atoms with Crippen molar-refractivity contribution in [1.82, 2.24) is 29.6 Å². The summed E-state index contributed by atoms with van der Waals surface area (Å²) in [4.78, 5) is 20.5. The molecule has 10 nitrogen and oxygen atoms in total. The van der Waals surface area contributed by atoms with Crippen LogP contribution in [-0.2, 0) is 13.1 Å². The number of aryl methyl sites for hydroxylation is 1. The standard InChI is InChI=1S/C24H26N8O2/c1-16-28-29-20(34-16)14-31-15-27-21-19(11-25)23(30-10-6-9-18(13-30)26-2)32(22(21)24(31)33)12-17-7-4-3-5-8-17/h3-5,7-8,15,18,26H,6,9-10,12-14H2,1-2H3/t18-/m0/s1. The van der Waals surface area contributed by atoms with Gasteiger partial charge in [0.2, 0.25) is 11.8 Å². The Kier molecular flexibility index (Phi) is 5.86. The molecule has 3 aromatic heterocycles. The quantitative estimate of drug-likeness (QED) is 0.466. The van der Waals surface area contributed by atoms with Gasteiger partial charge in [0.25, 0.3) is 5.56 Å². The summed E-state index contributed by atoms with van der Waals surface area (Å²) in [5.41, 5.74) is 2.04. The molecule has 1 atom stereocenters. The van der Waals surface area contributed by atoms with Gasteiger partial charge >= 0.3 is 0 Å². The molecule has 1 N–H and O–H groups in total. The lowest BCUT2D eigenvalue weighted by Gasteiger charge is -2.35. The van der Waals surface area contributed by atoms with Crippen LogP contribution in [0.2, 0.25) is 0 Å². The number of hydrogen-bond acceptors (Lipinski definition) is 8. The smallest absolute Gasteiger partial charge is 0.278 e. The number of aromatic nitrogens is 5. The molecule has 174 valence electrons. The molecule has 1 saturated heterocycles. The molecule has 1 aliphatic heterocycles. The van der Waals surface area contributed by atoms with E-state index in [1.165, 1.54) is 10.9 Å². The minimum Gasteiger partial charge on any atom is -0.424 e. The number of nitriles is 1. The van der Waals surface area contributed by atoms with Crippen LogP contribution in [0.4, 0.5) is 5.82 Å². The Hall–Kier alpha value is -3.97. The predicted molar refractivity (Wildman–Crippen MR) is 127 cm³/mol. The summed E-state index contributed by atoms with van der Waals surface area (Å²) in [6.07, 6.45) is 3.52. The minimum absolute atomic E-state index is 0.113. The molecule has 34 heavy (non-hydrogen) atoms. The third-order valence-electron chi connectivity index (χ3n) is 6.30. The van der Waals surface area contributed by atoms with Crippen LogP contribution in [0.1, 0.15) is 35.7 Å². The number of rotatable bonds is 6. The number of piperidine rings is 1. The molecule has 0 unspecified atom stereocenters. The van der Waals surface area contributed by atoms with Crippen LogP contribution < -0.4 is 15.8 Å². The van der Waals surface area contributed by atoms with Gasteiger partial charge in [-0.2, -0.15) is 5.26 Å². The molecule has 4 heterocycles. The van der Waals surface area contributed by atoms with Gasteiger partial charge in [-0.25, -0.2) is 4.98 Å². The van der Waals surface area contributed by atoms with Crippen LogP contribution >= 0.6 is 0 Å². The van der Waals surface area contributed by atoms with Crippen LogP contribution in [0, 0.1) is 18.3 Å². The second kappa shape index (κ2) is 9.11. The molecule has 0 saturated carbocycles. The highest BCUT2D eigenvalue weighted by Gasteiger charge is 2.29. The SMILES string of the molecule is CN[C@H]1CCCN(c2c(C#N)c3ncn(Cc4nnc(C)o4)c(=O)c3n2Cc2ccccc2)C1. The zero-order chi connectivity index (χ0) is 23.7. The van der Waals surface area contributed by atoms with Gasteiger partial charge in [0.15, 0.2) is 0 Å². The van der Waals surface area contributed by atoms with Crippen molar-refractivity contribution < 1.29 is 4.42 Å². The van der Waals surface area contributed by atoms with Crippen molar-refractivity contribution >= 4 is 16.9 Å². The molecular formula is C24H26N8O2. The van der Waals surface area contributed by atoms with E-state index in [-0.39, 0.29) is 12.1 Å². The van der Waals surface area contributed by atoms with E-state index in [1.54, 1.807) is 6.92 Å². The maximum Gasteiger partial charge on any atom is 0.278 e. The molecule has 10 heteroatoms. The highest BCUT2D eigenvalue weighted by atomic mass is 16.4. The molecule has 4 aromatic rings. The highest BCUT2D eigenvalue weighted by molar-refractivity contribution is 5.89. The van der Waals surface area contributed by atoms with Crippen molar-refractivity contribution in [1.29, 1.82) is 5.26 Å². The molecule has 0 bridgehead atoms. The summed E-state index contributed by atoms with van der Waals surface area (Å²) in [6.45, 7) is 3.84. The minimum atomic E-state index is -0.248. The molecule has 0 aliphatic carbocycles. The molecular weight excluding hydrogens is 432 g/mol. The first-order chi connectivity index (χ1) is 16.6. The number of nitrogens with one attached hydrogen (secondary N) is 1. The van der Waals surface area contributed by atoms with Gasteiger partial charge in [-0.3, -0.25) is 9.36 Å². The van der Waals surface area contributed by atoms with E-state index in [1.807, 2.05) is 41.9 Å². The van der Waals surface area contributed by atoms with Crippen LogP contribution in [0.15, 0.2) is 45.9 Å². The monoisotopic (exact) mass is 458 g/mol. The summed E-state index contributed by atoms with van der Waals surface area (Å²) in [5, 5.41) is 21.4. The fourth-order valence-electron chi connectivity index (χ4n) is 4.67. The number of nitrogens with zero attached hydrogens (tertiary/aromatic N) is 7. The molecule has 1 aliphatic rings. The molecule has 0 amide bonds. The second-order valence-electron chi connectivity index (χ2n) is 8.55. The largest absolute Gasteiger partial charge is 0.424 e. The van der Waals surface area contributed by atoms with E-state index in [9.17, 15) is 10.1 Å². The molecule has 0 spiro atoms. The molecule has 5 rings (SSSR count). The van der Waals surface area contributed by atoms with E-state index in [0.29, 0.717) is 41.0 Å². The van der Waals surface area contributed by atoms with Gasteiger partial charge in [0, 0.05) is 32.6 Å². The first-order valence-corrected chi connectivity index (χ1v) is 11.4. The maximum atomic E-state index is 13.7. The Bertz CT molecular complexity index is 1410. The van der Waals surface area contributed by atoms with E-state index < -0.39 is 0 Å². The average Bonchev–Trinajstić information content (AvgIpc) is 3.42. The first kappa shape index (κ1) is 21.9. The van der Waals surface area contributed by atoms with Crippen molar-refractivity contribution in [3.63, 3.8) is 0 Å². The first-order valence-electron chi connectivity index (χ1n) is 11.4. The zero-order valence-electron chi connectivity index (χ0n) is 19.2. The topological polar surface area (TPSA) is 118 Å². The zero-order valence-corrected chi connectivity index (χ0v) is 19.2. The normalized spacial score (nSPS) is 16.1. The Labute approximate surface area is 196 Å². The van der Waals surface area contributed by atoms with Crippen molar-refractivity contribution in [3.8, 4) is 6.07 Å². The lowest BCUT2D eigenvalue weighted by molar-refractivity contribution is 0.444. The number of benzene rings is 1. The van der Waals surface area contributed by atoms with E-state index >= 15 is 0 Å². The summed E-state index contributed by atoms with van der Waals surface area (Å²) in [5.74, 6) is 1.51. The van der Waals surface area contributed by atoms with Crippen LogP contribution in [0.25, 0.3) is 11.0 Å². The van der Waals surface area contributed by atoms with E-state index in [0.717, 1.165) is 37.3 Å². The van der Waals surface area contributed by atoms with Crippen molar-refractivity contribution in [2.75, 3.05) is 25.0 Å². The molecule has 1 aromatic carbocycles. The third-order valence-corrected chi connectivity index (χ3v) is 6.30. The lowest BCUT2D eigenvalue weighted by atomic mass is 10.1. The van der Waals surface area contributed by atoms with Crippen molar-refractivity contribution in [2.45, 2.75) is 38.9 Å². The number of anilines is 1. The Balaban J connectivity index is 1.70. The van der Waals surface area contributed by atoms with Crippen LogP contribution in [0.3, 0.4) is 0 Å². The fourth-order valence-corrected chi connectivity index (χ4v) is 4.67. The summed E-state index contributed by atoms with van der Waals surface area (Å²) in [6, 6.07) is 12.6. The third kappa shape index (κ3) is 3.95. The highest BCUT2D eigenvalue weighted by Crippen LogP contribution is 2.32. The number of hydrogen-bond donors (Lipinski definition) is 1. The Morgan fingerprint density at radius 1 is 1.24 bits per heavy atom. The Morgan fingerprint density at radius 2 is 2.06 bits per heavy atom. The van der Waals surface area contributed by atoms with E-state index in [4.69, 9.17) is 4.42 Å². The predicted octanol–water partition coefficient (Wildman–Crippen LogP) is 2.05. The van der Waals surface area contributed by atoms with Gasteiger partial charge in [-0.15, -0.1) is 10.2 Å². The van der Waals surface area contributed by atoms with Gasteiger partial charge < -0.3 is 19.2 Å². The summed E-state index contributed by atoms with van der Waals surface area (Å²) in [7, 11) is 1.96. The van der Waals surface area contributed by atoms with Crippen LogP contribution in [0.5, 0.6) is 0 Å². The number of fused-ring (bicyclic) bond motifs is 1. The average molecular weight is 459 g/mol. The van der Waals surface area contributed by atoms with E-state index in [2.05, 4.69) is 31.5 Å². The maximum absolute atomic E-state index is 13.7. The number of likely N-dealkylation sites (N-methyl/N-ethyl adjacent to an activating group) is 1. The summed E-state index contributed by atoms with van der Waals surface area (Å²) >= 11 is 0. The van der Waals surface area contributed by atoms with Crippen molar-refractivity contribution in [3.05, 3.63) is 69.9 Å². The van der Waals surface area contributed by atoms with Gasteiger partial charge in [-0.1, -0.05) is 30.3 Å². The van der Waals surface area contributed by atoms with Gasteiger partial charge in [-0.05, 0) is 25.5 Å². The summed E-state index contributed by atoms with van der Waals surface area (Å²) < 4.78 is 8.87. The second-order valence-corrected chi connectivity index (χ2v) is 8.55. The van der Waals surface area contributed by atoms with Crippen LogP contribution in [-0.4, -0.2) is 50.5 Å². The lowest BCUT2D eigenvalue weighted by Crippen LogP contribution is -2.45. The Morgan fingerprint density at radius 3 is 2.76 bits per heavy atom. The molecule has 1 fully saturated rings. The fraction of sp³-hybridized carbons (Fsp3) is 0.375. The molecule has 0 radical (unpaired) electrons. The van der Waals surface area contributed by atoms with Crippen molar-refractivity contribution in [2.24, 2.45) is 0 Å². The van der Waals surface area contributed by atoms with Gasteiger partial charge in [0.05, 0.1) is 6.33 Å². The van der Waals surface area contributed by atoms with Gasteiger partial charge in [0.1, 0.15) is 35.0 Å².